The highest BCUT2D eigenvalue weighted by Crippen LogP contribution is 2.24. The maximum Gasteiger partial charge on any atom is 0.430 e. The van der Waals surface area contributed by atoms with Gasteiger partial charge >= 0.3 is 12.1 Å². The van der Waals surface area contributed by atoms with Gasteiger partial charge in [-0.3, -0.25) is 9.79 Å². The number of carbonyl (C=O) groups is 1. The van der Waals surface area contributed by atoms with Crippen LogP contribution in [0.3, 0.4) is 0 Å². The number of hydrogen-bond donors (Lipinski definition) is 2. The molecule has 0 saturated carbocycles. The Morgan fingerprint density at radius 1 is 1.24 bits per heavy atom. The fourth-order valence-electron chi connectivity index (χ4n) is 2.58. The topological polar surface area (TPSA) is 118 Å². The van der Waals surface area contributed by atoms with Crippen LogP contribution in [-0.4, -0.2) is 76.2 Å². The van der Waals surface area contributed by atoms with Crippen molar-refractivity contribution in [3.8, 4) is 11.3 Å². The van der Waals surface area contributed by atoms with Crippen LogP contribution in [0.1, 0.15) is 5.69 Å². The first-order chi connectivity index (χ1) is 15.3. The number of carbonyl (C=O) groups excluding carboxylic acids is 1. The first-order valence-electron chi connectivity index (χ1n) is 9.66. The van der Waals surface area contributed by atoms with Crippen molar-refractivity contribution < 1.29 is 31.1 Å². The molecular weight excluding hydrogens is 461 g/mol. The molecule has 0 aliphatic heterocycles. The van der Waals surface area contributed by atoms with Gasteiger partial charge < -0.3 is 20.4 Å². The molecule has 1 aromatic heterocycles. The van der Waals surface area contributed by atoms with E-state index in [4.69, 9.17) is 10.5 Å². The van der Waals surface area contributed by atoms with Gasteiger partial charge in [-0.05, 0) is 50.0 Å². The Bertz CT molecular complexity index is 1150. The fourth-order valence-corrected chi connectivity index (χ4v) is 3.25. The van der Waals surface area contributed by atoms with E-state index in [1.165, 1.54) is 18.2 Å². The van der Waals surface area contributed by atoms with E-state index < -0.39 is 34.2 Å². The van der Waals surface area contributed by atoms with Crippen LogP contribution in [0.4, 0.5) is 13.2 Å². The average Bonchev–Trinajstić information content (AvgIpc) is 3.19. The van der Waals surface area contributed by atoms with Crippen molar-refractivity contribution in [3.63, 3.8) is 0 Å². The number of nitrogens with one attached hydrogen (secondary N) is 1. The number of aromatic amines is 1. The Labute approximate surface area is 189 Å². The van der Waals surface area contributed by atoms with E-state index in [1.54, 1.807) is 37.2 Å². The highest BCUT2D eigenvalue weighted by Gasteiger charge is 2.32. The number of aliphatic imine (C=N–C) groups is 1. The van der Waals surface area contributed by atoms with Crippen molar-refractivity contribution in [2.45, 2.75) is 11.1 Å². The molecule has 0 saturated heterocycles. The van der Waals surface area contributed by atoms with Crippen molar-refractivity contribution in [2.75, 3.05) is 40.0 Å². The van der Waals surface area contributed by atoms with E-state index in [9.17, 15) is 26.4 Å². The standard InChI is InChI=1S/C21H25F3N4O4S/c1-28(2)9-10-32-20(29)13-26-18(12-19(25)21(22,23)24)17-8-7-16(27-17)14-5-4-6-15(11-14)33(3,30)31/h4-8,11-12,27H,9-10,13,25H2,1-3H3. The number of H-pyrrole nitrogens is 1. The summed E-state index contributed by atoms with van der Waals surface area (Å²) >= 11 is 0. The minimum atomic E-state index is -4.79. The molecular formula is C21H25F3N4O4S. The minimum absolute atomic E-state index is 0.0896. The van der Waals surface area contributed by atoms with Crippen LogP contribution in [-0.2, 0) is 19.4 Å². The van der Waals surface area contributed by atoms with Crippen molar-refractivity contribution in [2.24, 2.45) is 10.7 Å². The summed E-state index contributed by atoms with van der Waals surface area (Å²) in [5.74, 6) is -0.707. The van der Waals surface area contributed by atoms with Gasteiger partial charge in [0, 0.05) is 18.5 Å². The molecule has 2 aromatic rings. The molecule has 3 N–H and O–H groups in total. The van der Waals surface area contributed by atoms with Crippen LogP contribution < -0.4 is 5.73 Å². The van der Waals surface area contributed by atoms with Crippen molar-refractivity contribution in [1.29, 1.82) is 0 Å². The first kappa shape index (κ1) is 26.1. The van der Waals surface area contributed by atoms with E-state index in [0.29, 0.717) is 23.9 Å². The van der Waals surface area contributed by atoms with E-state index in [2.05, 4.69) is 9.98 Å². The maximum atomic E-state index is 13.0. The van der Waals surface area contributed by atoms with Crippen molar-refractivity contribution in [1.82, 2.24) is 9.88 Å². The molecule has 0 aliphatic rings. The molecule has 33 heavy (non-hydrogen) atoms. The Morgan fingerprint density at radius 3 is 2.55 bits per heavy atom. The summed E-state index contributed by atoms with van der Waals surface area (Å²) in [5, 5.41) is 0. The highest BCUT2D eigenvalue weighted by molar-refractivity contribution is 7.90. The van der Waals surface area contributed by atoms with Gasteiger partial charge in [0.05, 0.1) is 16.3 Å². The summed E-state index contributed by atoms with van der Waals surface area (Å²) in [5.41, 5.74) is 4.64. The lowest BCUT2D eigenvalue weighted by molar-refractivity contribution is -0.142. The first-order valence-corrected chi connectivity index (χ1v) is 11.6. The van der Waals surface area contributed by atoms with Crippen LogP contribution in [0.25, 0.3) is 11.3 Å². The predicted molar refractivity (Wildman–Crippen MR) is 119 cm³/mol. The molecule has 12 heteroatoms. The number of esters is 1. The van der Waals surface area contributed by atoms with Crippen LogP contribution in [0.5, 0.6) is 0 Å². The summed E-state index contributed by atoms with van der Waals surface area (Å²) in [6.07, 6.45) is -3.10. The minimum Gasteiger partial charge on any atom is -0.463 e. The lowest BCUT2D eigenvalue weighted by Gasteiger charge is -2.10. The number of ether oxygens (including phenoxy) is 1. The van der Waals surface area contributed by atoms with E-state index >= 15 is 0 Å². The van der Waals surface area contributed by atoms with Crippen LogP contribution in [0.15, 0.2) is 58.1 Å². The Hall–Kier alpha value is -3.12. The summed E-state index contributed by atoms with van der Waals surface area (Å²) in [4.78, 5) is 20.7. The zero-order chi connectivity index (χ0) is 24.8. The zero-order valence-electron chi connectivity index (χ0n) is 18.3. The Morgan fingerprint density at radius 2 is 1.94 bits per heavy atom. The summed E-state index contributed by atoms with van der Waals surface area (Å²) in [6.45, 7) is 0.0820. The van der Waals surface area contributed by atoms with Gasteiger partial charge in [0.25, 0.3) is 0 Å². The van der Waals surface area contributed by atoms with E-state index in [1.807, 2.05) is 0 Å². The number of alkyl halides is 3. The molecule has 1 heterocycles. The third kappa shape index (κ3) is 8.06. The molecule has 1 aromatic carbocycles. The lowest BCUT2D eigenvalue weighted by Crippen LogP contribution is -2.22. The molecule has 0 radical (unpaired) electrons. The monoisotopic (exact) mass is 486 g/mol. The second-order valence-electron chi connectivity index (χ2n) is 7.41. The van der Waals surface area contributed by atoms with E-state index in [-0.39, 0.29) is 22.9 Å². The number of nitrogens with two attached hydrogens (primary N) is 1. The smallest absolute Gasteiger partial charge is 0.430 e. The van der Waals surface area contributed by atoms with Gasteiger partial charge in [0.2, 0.25) is 0 Å². The normalized spacial score (nSPS) is 13.4. The van der Waals surface area contributed by atoms with Crippen molar-refractivity contribution >= 4 is 21.5 Å². The Kier molecular flexibility index (Phi) is 8.45. The van der Waals surface area contributed by atoms with Gasteiger partial charge in [-0.2, -0.15) is 13.2 Å². The summed E-state index contributed by atoms with van der Waals surface area (Å²) in [7, 11) is 0.140. The Balaban J connectivity index is 2.35. The van der Waals surface area contributed by atoms with Gasteiger partial charge in [-0.15, -0.1) is 0 Å². The zero-order valence-corrected chi connectivity index (χ0v) is 19.1. The number of sulfone groups is 1. The average molecular weight is 487 g/mol. The second-order valence-corrected chi connectivity index (χ2v) is 9.42. The maximum absolute atomic E-state index is 13.0. The van der Waals surface area contributed by atoms with Gasteiger partial charge in [0.1, 0.15) is 18.8 Å². The molecule has 0 atom stereocenters. The molecule has 2 rings (SSSR count). The van der Waals surface area contributed by atoms with Gasteiger partial charge in [-0.25, -0.2) is 8.42 Å². The number of allylic oxidation sites excluding steroid dienone is 2. The number of rotatable bonds is 9. The summed E-state index contributed by atoms with van der Waals surface area (Å²) < 4.78 is 67.5. The van der Waals surface area contributed by atoms with Crippen LogP contribution in [0, 0.1) is 0 Å². The second kappa shape index (κ2) is 10.7. The van der Waals surface area contributed by atoms with E-state index in [0.717, 1.165) is 6.26 Å². The number of likely N-dealkylation sites (N-methyl/N-ethyl adjacent to an activating group) is 1. The van der Waals surface area contributed by atoms with Gasteiger partial charge in [-0.1, -0.05) is 12.1 Å². The molecule has 0 fully saturated rings. The number of hydrogen-bond acceptors (Lipinski definition) is 7. The molecule has 0 spiro atoms. The number of halogens is 3. The molecule has 180 valence electrons. The third-order valence-electron chi connectivity index (χ3n) is 4.33. The molecule has 0 bridgehead atoms. The van der Waals surface area contributed by atoms with Crippen molar-refractivity contribution in [3.05, 3.63) is 53.9 Å². The summed E-state index contributed by atoms with van der Waals surface area (Å²) in [6, 6.07) is 9.07. The fraction of sp³-hybridized carbons (Fsp3) is 0.333. The molecule has 0 amide bonds. The SMILES string of the molecule is CN(C)CCOC(=O)CN=C(C=C(N)C(F)(F)F)c1ccc(-c2cccc(S(C)(=O)=O)c2)[nH]1. The van der Waals surface area contributed by atoms with Crippen LogP contribution >= 0.6 is 0 Å². The highest BCUT2D eigenvalue weighted by atomic mass is 32.2. The third-order valence-corrected chi connectivity index (χ3v) is 5.44. The largest absolute Gasteiger partial charge is 0.463 e. The molecule has 0 unspecified atom stereocenters. The number of aromatic nitrogens is 1. The number of nitrogens with zero attached hydrogens (tertiary/aromatic N) is 2. The lowest BCUT2D eigenvalue weighted by atomic mass is 10.2. The molecule has 0 aliphatic carbocycles. The quantitative estimate of drug-likeness (QED) is 0.415. The predicted octanol–water partition coefficient (Wildman–Crippen LogP) is 2.38. The van der Waals surface area contributed by atoms with Crippen LogP contribution in [0.2, 0.25) is 0 Å². The number of benzene rings is 1. The van der Waals surface area contributed by atoms with Gasteiger partial charge in [0.15, 0.2) is 9.84 Å². The molecule has 8 nitrogen and oxygen atoms in total.